The standard InChI is InChI=1S/C16H25FN2/c1-4-16(18,15-6-5-14(17)10-19-15)13-8-11(2)7-12(3)9-13/h5-6,10-13H,4,7-9,18H2,1-3H3. The van der Waals surface area contributed by atoms with Crippen LogP contribution in [0.15, 0.2) is 18.3 Å². The van der Waals surface area contributed by atoms with Crippen LogP contribution in [0.4, 0.5) is 4.39 Å². The minimum absolute atomic E-state index is 0.299. The van der Waals surface area contributed by atoms with E-state index in [4.69, 9.17) is 5.73 Å². The normalized spacial score (nSPS) is 30.9. The molecule has 2 N–H and O–H groups in total. The highest BCUT2D eigenvalue weighted by Gasteiger charge is 2.40. The van der Waals surface area contributed by atoms with E-state index >= 15 is 0 Å². The molecule has 0 bridgehead atoms. The molecule has 2 nitrogen and oxygen atoms in total. The second-order valence-corrected chi connectivity index (χ2v) is 6.37. The molecule has 3 unspecified atom stereocenters. The van der Waals surface area contributed by atoms with Crippen molar-refractivity contribution in [2.75, 3.05) is 0 Å². The number of rotatable bonds is 3. The molecule has 1 heterocycles. The van der Waals surface area contributed by atoms with E-state index in [9.17, 15) is 4.39 Å². The van der Waals surface area contributed by atoms with Crippen molar-refractivity contribution in [1.82, 2.24) is 4.98 Å². The van der Waals surface area contributed by atoms with Gasteiger partial charge in [-0.05, 0) is 55.6 Å². The molecular weight excluding hydrogens is 239 g/mol. The van der Waals surface area contributed by atoms with Gasteiger partial charge < -0.3 is 5.73 Å². The molecule has 3 heteroatoms. The fourth-order valence-electron chi connectivity index (χ4n) is 3.70. The predicted octanol–water partition coefficient (Wildman–Crippen LogP) is 3.86. The zero-order valence-electron chi connectivity index (χ0n) is 12.2. The molecule has 0 aliphatic heterocycles. The lowest BCUT2D eigenvalue weighted by atomic mass is 9.66. The summed E-state index contributed by atoms with van der Waals surface area (Å²) < 4.78 is 13.0. The quantitative estimate of drug-likeness (QED) is 0.900. The molecule has 2 rings (SSSR count). The summed E-state index contributed by atoms with van der Waals surface area (Å²) in [5, 5.41) is 0. The van der Waals surface area contributed by atoms with Gasteiger partial charge in [0.25, 0.3) is 0 Å². The van der Waals surface area contributed by atoms with Crippen LogP contribution in [-0.4, -0.2) is 4.98 Å². The highest BCUT2D eigenvalue weighted by molar-refractivity contribution is 5.17. The molecule has 0 spiro atoms. The van der Waals surface area contributed by atoms with Crippen molar-refractivity contribution in [3.63, 3.8) is 0 Å². The Balaban J connectivity index is 2.28. The van der Waals surface area contributed by atoms with E-state index in [1.54, 1.807) is 6.07 Å². The van der Waals surface area contributed by atoms with Gasteiger partial charge in [-0.25, -0.2) is 4.39 Å². The minimum Gasteiger partial charge on any atom is -0.320 e. The minimum atomic E-state index is -0.420. The van der Waals surface area contributed by atoms with Crippen molar-refractivity contribution < 1.29 is 4.39 Å². The summed E-state index contributed by atoms with van der Waals surface area (Å²) in [5.41, 5.74) is 7.10. The summed E-state index contributed by atoms with van der Waals surface area (Å²) in [4.78, 5) is 4.25. The van der Waals surface area contributed by atoms with E-state index in [2.05, 4.69) is 25.8 Å². The Bertz CT molecular complexity index is 407. The van der Waals surface area contributed by atoms with Gasteiger partial charge >= 0.3 is 0 Å². The summed E-state index contributed by atoms with van der Waals surface area (Å²) >= 11 is 0. The van der Waals surface area contributed by atoms with Gasteiger partial charge in [-0.3, -0.25) is 4.98 Å². The zero-order valence-corrected chi connectivity index (χ0v) is 12.2. The Labute approximate surface area is 115 Å². The SMILES string of the molecule is CCC(N)(c1ccc(F)cn1)C1CC(C)CC(C)C1. The monoisotopic (exact) mass is 264 g/mol. The smallest absolute Gasteiger partial charge is 0.141 e. The number of nitrogens with zero attached hydrogens (tertiary/aromatic N) is 1. The summed E-state index contributed by atoms with van der Waals surface area (Å²) in [5.74, 6) is 1.56. The second kappa shape index (κ2) is 5.58. The average molecular weight is 264 g/mol. The zero-order chi connectivity index (χ0) is 14.0. The lowest BCUT2D eigenvalue weighted by Crippen LogP contribution is -2.47. The van der Waals surface area contributed by atoms with E-state index in [0.717, 1.165) is 25.0 Å². The molecule has 1 aliphatic carbocycles. The highest BCUT2D eigenvalue weighted by atomic mass is 19.1. The summed E-state index contributed by atoms with van der Waals surface area (Å²) in [6.45, 7) is 6.71. The van der Waals surface area contributed by atoms with Crippen LogP contribution >= 0.6 is 0 Å². The molecule has 1 aromatic heterocycles. The third-order valence-electron chi connectivity index (χ3n) is 4.70. The van der Waals surface area contributed by atoms with Gasteiger partial charge in [-0.2, -0.15) is 0 Å². The fraction of sp³-hybridized carbons (Fsp3) is 0.688. The molecule has 1 fully saturated rings. The maximum atomic E-state index is 13.0. The van der Waals surface area contributed by atoms with Crippen molar-refractivity contribution in [1.29, 1.82) is 0 Å². The summed E-state index contributed by atoms with van der Waals surface area (Å²) in [7, 11) is 0. The third kappa shape index (κ3) is 2.97. The first kappa shape index (κ1) is 14.4. The molecule has 19 heavy (non-hydrogen) atoms. The number of hydrogen-bond donors (Lipinski definition) is 1. The first-order valence-electron chi connectivity index (χ1n) is 7.36. The molecule has 3 atom stereocenters. The van der Waals surface area contributed by atoms with Crippen molar-refractivity contribution in [2.24, 2.45) is 23.5 Å². The largest absolute Gasteiger partial charge is 0.320 e. The fourth-order valence-corrected chi connectivity index (χ4v) is 3.70. The van der Waals surface area contributed by atoms with Crippen LogP contribution in [0.25, 0.3) is 0 Å². The molecule has 1 aromatic rings. The van der Waals surface area contributed by atoms with Crippen molar-refractivity contribution in [3.05, 3.63) is 29.8 Å². The van der Waals surface area contributed by atoms with E-state index in [1.165, 1.54) is 18.7 Å². The summed E-state index contributed by atoms with van der Waals surface area (Å²) in [6.07, 6.45) is 5.70. The summed E-state index contributed by atoms with van der Waals surface area (Å²) in [6, 6.07) is 3.22. The van der Waals surface area contributed by atoms with Gasteiger partial charge in [-0.15, -0.1) is 0 Å². The lowest BCUT2D eigenvalue weighted by molar-refractivity contribution is 0.127. The van der Waals surface area contributed by atoms with Gasteiger partial charge in [-0.1, -0.05) is 20.8 Å². The van der Waals surface area contributed by atoms with Crippen LogP contribution in [0.2, 0.25) is 0 Å². The van der Waals surface area contributed by atoms with Crippen LogP contribution < -0.4 is 5.73 Å². The van der Waals surface area contributed by atoms with E-state index < -0.39 is 5.54 Å². The molecule has 0 saturated heterocycles. The maximum absolute atomic E-state index is 13.0. The molecule has 0 amide bonds. The number of aromatic nitrogens is 1. The van der Waals surface area contributed by atoms with Gasteiger partial charge in [0.2, 0.25) is 0 Å². The molecular formula is C16H25FN2. The molecule has 0 aromatic carbocycles. The number of halogens is 1. The van der Waals surface area contributed by atoms with Crippen LogP contribution in [0.3, 0.4) is 0 Å². The molecule has 0 radical (unpaired) electrons. The average Bonchev–Trinajstić information content (AvgIpc) is 2.37. The first-order valence-corrected chi connectivity index (χ1v) is 7.36. The van der Waals surface area contributed by atoms with Crippen LogP contribution in [0, 0.1) is 23.6 Å². The Hall–Kier alpha value is -0.960. The molecule has 106 valence electrons. The number of hydrogen-bond acceptors (Lipinski definition) is 2. The Morgan fingerprint density at radius 1 is 1.26 bits per heavy atom. The van der Waals surface area contributed by atoms with Gasteiger partial charge in [0, 0.05) is 0 Å². The third-order valence-corrected chi connectivity index (χ3v) is 4.70. The van der Waals surface area contributed by atoms with Crippen molar-refractivity contribution in [2.45, 2.75) is 52.0 Å². The number of pyridine rings is 1. The Morgan fingerprint density at radius 3 is 2.37 bits per heavy atom. The van der Waals surface area contributed by atoms with Crippen molar-refractivity contribution >= 4 is 0 Å². The van der Waals surface area contributed by atoms with Gasteiger partial charge in [0.15, 0.2) is 0 Å². The Morgan fingerprint density at radius 2 is 1.89 bits per heavy atom. The molecule has 1 saturated carbocycles. The molecule has 1 aliphatic rings. The van der Waals surface area contributed by atoms with E-state index in [1.807, 2.05) is 0 Å². The second-order valence-electron chi connectivity index (χ2n) is 6.37. The van der Waals surface area contributed by atoms with Crippen LogP contribution in [0.1, 0.15) is 52.1 Å². The topological polar surface area (TPSA) is 38.9 Å². The maximum Gasteiger partial charge on any atom is 0.141 e. The van der Waals surface area contributed by atoms with Gasteiger partial charge in [0.05, 0.1) is 17.4 Å². The van der Waals surface area contributed by atoms with Crippen LogP contribution in [0.5, 0.6) is 0 Å². The van der Waals surface area contributed by atoms with Gasteiger partial charge in [0.1, 0.15) is 5.82 Å². The van der Waals surface area contributed by atoms with E-state index in [-0.39, 0.29) is 5.82 Å². The lowest BCUT2D eigenvalue weighted by Gasteiger charge is -2.42. The first-order chi connectivity index (χ1) is 8.95. The van der Waals surface area contributed by atoms with Crippen LogP contribution in [-0.2, 0) is 5.54 Å². The highest BCUT2D eigenvalue weighted by Crippen LogP contribution is 2.43. The number of nitrogens with two attached hydrogens (primary N) is 1. The van der Waals surface area contributed by atoms with Crippen molar-refractivity contribution in [3.8, 4) is 0 Å². The predicted molar refractivity (Wildman–Crippen MR) is 76.0 cm³/mol. The Kier molecular flexibility index (Phi) is 4.24. The van der Waals surface area contributed by atoms with E-state index in [0.29, 0.717) is 17.8 Å².